The molecule has 3 aromatic rings. The molecule has 2 aromatic carbocycles. The third kappa shape index (κ3) is 2.28. The van der Waals surface area contributed by atoms with Gasteiger partial charge in [0, 0.05) is 12.1 Å². The van der Waals surface area contributed by atoms with Crippen molar-refractivity contribution in [2.24, 2.45) is 0 Å². The Kier molecular flexibility index (Phi) is 3.59. The second-order valence-corrected chi connectivity index (χ2v) is 5.33. The Bertz CT molecular complexity index is 823. The number of halogens is 4. The lowest BCUT2D eigenvalue weighted by Gasteiger charge is -2.13. The zero-order valence-corrected chi connectivity index (χ0v) is 12.5. The molecule has 0 unspecified atom stereocenters. The summed E-state index contributed by atoms with van der Waals surface area (Å²) in [6.07, 6.45) is 0. The number of alkyl halides is 1. The van der Waals surface area contributed by atoms with Gasteiger partial charge in [0.05, 0.1) is 22.1 Å². The molecule has 2 nitrogen and oxygen atoms in total. The van der Waals surface area contributed by atoms with Gasteiger partial charge in [0.15, 0.2) is 5.82 Å². The van der Waals surface area contributed by atoms with Crippen LogP contribution in [0.1, 0.15) is 11.4 Å². The number of aromatic nitrogens is 2. The summed E-state index contributed by atoms with van der Waals surface area (Å²) in [7, 11) is 0. The second kappa shape index (κ2) is 5.28. The molecule has 0 spiro atoms. The van der Waals surface area contributed by atoms with Crippen LogP contribution in [0.15, 0.2) is 30.3 Å². The molecular formula is C15H10Cl2F2N2. The number of fused-ring (bicyclic) bond motifs is 1. The van der Waals surface area contributed by atoms with Crippen LogP contribution in [-0.2, 0) is 5.88 Å². The molecule has 0 fully saturated rings. The van der Waals surface area contributed by atoms with Crippen LogP contribution in [-0.4, -0.2) is 9.55 Å². The predicted molar refractivity (Wildman–Crippen MR) is 80.3 cm³/mol. The van der Waals surface area contributed by atoms with Crippen molar-refractivity contribution in [3.8, 4) is 5.69 Å². The van der Waals surface area contributed by atoms with Gasteiger partial charge in [-0.2, -0.15) is 0 Å². The number of imidazole rings is 1. The van der Waals surface area contributed by atoms with E-state index < -0.39 is 11.6 Å². The van der Waals surface area contributed by atoms with E-state index in [2.05, 4.69) is 4.98 Å². The highest BCUT2D eigenvalue weighted by Gasteiger charge is 2.19. The highest BCUT2D eigenvalue weighted by atomic mass is 35.5. The molecule has 0 atom stereocenters. The number of nitrogens with zero attached hydrogens (tertiary/aromatic N) is 2. The summed E-state index contributed by atoms with van der Waals surface area (Å²) in [6.45, 7) is 1.86. The highest BCUT2D eigenvalue weighted by Crippen LogP contribution is 2.31. The van der Waals surface area contributed by atoms with Gasteiger partial charge in [-0.3, -0.25) is 4.57 Å². The molecule has 21 heavy (non-hydrogen) atoms. The van der Waals surface area contributed by atoms with Crippen molar-refractivity contribution in [2.75, 3.05) is 0 Å². The zero-order valence-electron chi connectivity index (χ0n) is 11.0. The summed E-state index contributed by atoms with van der Waals surface area (Å²) < 4.78 is 29.1. The second-order valence-electron chi connectivity index (χ2n) is 4.66. The van der Waals surface area contributed by atoms with Gasteiger partial charge in [0.2, 0.25) is 0 Å². The average Bonchev–Trinajstić information content (AvgIpc) is 2.78. The molecule has 6 heteroatoms. The van der Waals surface area contributed by atoms with E-state index in [1.807, 2.05) is 19.1 Å². The molecule has 1 heterocycles. The van der Waals surface area contributed by atoms with Crippen LogP contribution in [0.25, 0.3) is 16.7 Å². The van der Waals surface area contributed by atoms with Crippen LogP contribution in [0.5, 0.6) is 0 Å². The Morgan fingerprint density at radius 3 is 2.67 bits per heavy atom. The molecule has 0 saturated carbocycles. The smallest absolute Gasteiger partial charge is 0.153 e. The van der Waals surface area contributed by atoms with Crippen molar-refractivity contribution in [1.82, 2.24) is 9.55 Å². The van der Waals surface area contributed by atoms with E-state index in [0.29, 0.717) is 22.1 Å². The first-order valence-corrected chi connectivity index (χ1v) is 7.12. The van der Waals surface area contributed by atoms with Crippen LogP contribution in [0.3, 0.4) is 0 Å². The molecule has 0 aliphatic heterocycles. The third-order valence-electron chi connectivity index (χ3n) is 3.28. The molecule has 0 bridgehead atoms. The monoisotopic (exact) mass is 326 g/mol. The van der Waals surface area contributed by atoms with E-state index in [1.165, 1.54) is 6.07 Å². The van der Waals surface area contributed by atoms with Crippen molar-refractivity contribution in [1.29, 1.82) is 0 Å². The Morgan fingerprint density at radius 1 is 1.24 bits per heavy atom. The van der Waals surface area contributed by atoms with Gasteiger partial charge in [-0.25, -0.2) is 13.8 Å². The summed E-state index contributed by atoms with van der Waals surface area (Å²) >= 11 is 12.2. The van der Waals surface area contributed by atoms with E-state index >= 15 is 0 Å². The summed E-state index contributed by atoms with van der Waals surface area (Å²) in [5.41, 5.74) is 1.87. The minimum absolute atomic E-state index is 0.0560. The maximum absolute atomic E-state index is 13.9. The topological polar surface area (TPSA) is 17.8 Å². The summed E-state index contributed by atoms with van der Waals surface area (Å²) in [5, 5.41) is 0.463. The predicted octanol–water partition coefficient (Wildman–Crippen LogP) is 5.00. The van der Waals surface area contributed by atoms with Gasteiger partial charge in [-0.05, 0) is 18.6 Å². The maximum atomic E-state index is 13.9. The SMILES string of the molecule is Cc1cccc(Cl)c1-n1c(CCl)nc2c(F)cc(F)cc21. The van der Waals surface area contributed by atoms with E-state index in [-0.39, 0.29) is 11.4 Å². The highest BCUT2D eigenvalue weighted by molar-refractivity contribution is 6.32. The number of hydrogen-bond acceptors (Lipinski definition) is 1. The van der Waals surface area contributed by atoms with Crippen molar-refractivity contribution < 1.29 is 8.78 Å². The number of aryl methyl sites for hydroxylation is 1. The van der Waals surface area contributed by atoms with Gasteiger partial charge in [0.25, 0.3) is 0 Å². The van der Waals surface area contributed by atoms with Crippen LogP contribution in [0.4, 0.5) is 8.78 Å². The molecule has 108 valence electrons. The van der Waals surface area contributed by atoms with E-state index in [9.17, 15) is 8.78 Å². The van der Waals surface area contributed by atoms with Gasteiger partial charge >= 0.3 is 0 Å². The largest absolute Gasteiger partial charge is 0.293 e. The summed E-state index contributed by atoms with van der Waals surface area (Å²) in [4.78, 5) is 4.16. The molecule has 3 rings (SSSR count). The van der Waals surface area contributed by atoms with Crippen LogP contribution in [0.2, 0.25) is 5.02 Å². The maximum Gasteiger partial charge on any atom is 0.153 e. The van der Waals surface area contributed by atoms with Crippen LogP contribution in [0, 0.1) is 18.6 Å². The summed E-state index contributed by atoms with van der Waals surface area (Å²) in [6, 6.07) is 7.41. The first kappa shape index (κ1) is 14.3. The number of hydrogen-bond donors (Lipinski definition) is 0. The van der Waals surface area contributed by atoms with Crippen LogP contribution < -0.4 is 0 Å². The summed E-state index contributed by atoms with van der Waals surface area (Å²) in [5.74, 6) is -0.931. The Hall–Kier alpha value is -1.65. The molecule has 0 saturated heterocycles. The fraction of sp³-hybridized carbons (Fsp3) is 0.133. The fourth-order valence-corrected chi connectivity index (χ4v) is 2.88. The lowest BCUT2D eigenvalue weighted by molar-refractivity contribution is 0.590. The minimum atomic E-state index is -0.722. The Morgan fingerprint density at radius 2 is 2.00 bits per heavy atom. The minimum Gasteiger partial charge on any atom is -0.293 e. The molecule has 0 radical (unpaired) electrons. The fourth-order valence-electron chi connectivity index (χ4n) is 2.40. The lowest BCUT2D eigenvalue weighted by atomic mass is 10.2. The normalized spacial score (nSPS) is 11.3. The van der Waals surface area contributed by atoms with Crippen molar-refractivity contribution in [2.45, 2.75) is 12.8 Å². The Balaban J connectivity index is 2.46. The molecular weight excluding hydrogens is 317 g/mol. The lowest BCUT2D eigenvalue weighted by Crippen LogP contribution is -2.02. The number of rotatable bonds is 2. The van der Waals surface area contributed by atoms with Crippen molar-refractivity contribution in [3.05, 3.63) is 58.4 Å². The van der Waals surface area contributed by atoms with Crippen molar-refractivity contribution >= 4 is 34.2 Å². The van der Waals surface area contributed by atoms with E-state index in [1.54, 1.807) is 10.6 Å². The van der Waals surface area contributed by atoms with Gasteiger partial charge in [0.1, 0.15) is 17.2 Å². The molecule has 0 amide bonds. The standard InChI is InChI=1S/C15H10Cl2F2N2/c1-8-3-2-4-10(17)15(8)21-12-6-9(18)5-11(19)14(12)20-13(21)7-16/h2-6H,7H2,1H3. The number of para-hydroxylation sites is 1. The molecule has 0 aliphatic rings. The zero-order chi connectivity index (χ0) is 15.1. The van der Waals surface area contributed by atoms with Gasteiger partial charge in [-0.15, -0.1) is 11.6 Å². The average molecular weight is 327 g/mol. The van der Waals surface area contributed by atoms with E-state index in [4.69, 9.17) is 23.2 Å². The third-order valence-corrected chi connectivity index (χ3v) is 3.82. The number of benzene rings is 2. The molecule has 0 N–H and O–H groups in total. The molecule has 1 aromatic heterocycles. The van der Waals surface area contributed by atoms with E-state index in [0.717, 1.165) is 11.6 Å². The van der Waals surface area contributed by atoms with Crippen molar-refractivity contribution in [3.63, 3.8) is 0 Å². The first-order valence-electron chi connectivity index (χ1n) is 6.20. The van der Waals surface area contributed by atoms with Crippen LogP contribution >= 0.6 is 23.2 Å². The van der Waals surface area contributed by atoms with Gasteiger partial charge in [-0.1, -0.05) is 23.7 Å². The van der Waals surface area contributed by atoms with Gasteiger partial charge < -0.3 is 0 Å². The first-order chi connectivity index (χ1) is 10.0. The quantitative estimate of drug-likeness (QED) is 0.605. The Labute approximate surface area is 129 Å². The molecule has 0 aliphatic carbocycles.